The molecule has 0 amide bonds. The van der Waals surface area contributed by atoms with Crippen LogP contribution in [0.4, 0.5) is 0 Å². The zero-order valence-electron chi connectivity index (χ0n) is 17.0. The Hall–Kier alpha value is -3.29. The molecule has 4 aromatic rings. The molecule has 0 spiro atoms. The molecule has 3 aromatic carbocycles. The van der Waals surface area contributed by atoms with Crippen LogP contribution in [-0.2, 0) is 4.74 Å². The van der Waals surface area contributed by atoms with Gasteiger partial charge in [0.05, 0.1) is 5.69 Å². The van der Waals surface area contributed by atoms with Crippen molar-refractivity contribution in [1.29, 1.82) is 0 Å². The van der Waals surface area contributed by atoms with Gasteiger partial charge in [0.2, 0.25) is 0 Å². The first-order chi connectivity index (χ1) is 15.4. The second-order valence-electron chi connectivity index (χ2n) is 7.02. The summed E-state index contributed by atoms with van der Waals surface area (Å²) in [5, 5.41) is 4.94. The lowest BCUT2D eigenvalue weighted by molar-refractivity contribution is 0.0462. The predicted octanol–water partition coefficient (Wildman–Crippen LogP) is 5.70. The highest BCUT2D eigenvalue weighted by Crippen LogP contribution is 2.23. The van der Waals surface area contributed by atoms with Crippen LogP contribution in [0.3, 0.4) is 0 Å². The van der Waals surface area contributed by atoms with Crippen molar-refractivity contribution in [2.45, 2.75) is 6.92 Å². The lowest BCUT2D eigenvalue weighted by atomic mass is 10.1. The smallest absolute Gasteiger partial charge is 0.378 e. The number of ether oxygens (including phenoxy) is 1. The van der Waals surface area contributed by atoms with Gasteiger partial charge in [0.25, 0.3) is 5.82 Å². The summed E-state index contributed by atoms with van der Waals surface area (Å²) in [5.74, 6) is -0.783. The summed E-state index contributed by atoms with van der Waals surface area (Å²) < 4.78 is 7.61. The van der Waals surface area contributed by atoms with Crippen molar-refractivity contribution in [2.75, 3.05) is 6.61 Å². The Labute approximate surface area is 197 Å². The Morgan fingerprint density at radius 1 is 0.969 bits per heavy atom. The average molecular weight is 511 g/mol. The number of benzene rings is 3. The van der Waals surface area contributed by atoms with Crippen LogP contribution < -0.4 is 0 Å². The summed E-state index contributed by atoms with van der Waals surface area (Å²) in [6.45, 7) is 1.58. The van der Waals surface area contributed by atoms with Crippen molar-refractivity contribution in [3.05, 3.63) is 99.2 Å². The number of rotatable bonds is 6. The van der Waals surface area contributed by atoms with E-state index in [1.165, 1.54) is 0 Å². The zero-order valence-corrected chi connectivity index (χ0v) is 19.3. The molecule has 0 bridgehead atoms. The van der Waals surface area contributed by atoms with E-state index in [4.69, 9.17) is 16.3 Å². The van der Waals surface area contributed by atoms with E-state index in [0.29, 0.717) is 16.4 Å². The van der Waals surface area contributed by atoms with Crippen molar-refractivity contribution in [1.82, 2.24) is 14.8 Å². The van der Waals surface area contributed by atoms with Gasteiger partial charge in [-0.1, -0.05) is 57.4 Å². The molecule has 0 aliphatic rings. The van der Waals surface area contributed by atoms with Gasteiger partial charge in [0.1, 0.15) is 0 Å². The summed E-state index contributed by atoms with van der Waals surface area (Å²) in [7, 11) is 0. The number of nitrogens with zero attached hydrogens (tertiary/aromatic N) is 3. The minimum Gasteiger partial charge on any atom is -0.451 e. The number of carbonyl (C=O) groups is 2. The second kappa shape index (κ2) is 9.46. The zero-order chi connectivity index (χ0) is 22.7. The Morgan fingerprint density at radius 3 is 2.28 bits per heavy atom. The molecule has 0 aliphatic heterocycles. The van der Waals surface area contributed by atoms with Crippen molar-refractivity contribution in [3.8, 4) is 17.1 Å². The van der Waals surface area contributed by atoms with Gasteiger partial charge in [-0.15, -0.1) is 5.10 Å². The molecule has 0 saturated heterocycles. The first-order valence-electron chi connectivity index (χ1n) is 9.66. The number of aryl methyl sites for hydroxylation is 1. The van der Waals surface area contributed by atoms with Gasteiger partial charge in [-0.2, -0.15) is 0 Å². The van der Waals surface area contributed by atoms with E-state index in [1.807, 2.05) is 31.2 Å². The minimum atomic E-state index is -0.781. The third-order valence-corrected chi connectivity index (χ3v) is 5.45. The number of hydrogen-bond acceptors (Lipinski definition) is 5. The van der Waals surface area contributed by atoms with Crippen molar-refractivity contribution in [3.63, 3.8) is 0 Å². The number of carbonyl (C=O) groups excluding carboxylic acids is 2. The Morgan fingerprint density at radius 2 is 1.62 bits per heavy atom. The van der Waals surface area contributed by atoms with Crippen LogP contribution >= 0.6 is 27.5 Å². The summed E-state index contributed by atoms with van der Waals surface area (Å²) in [4.78, 5) is 29.3. The van der Waals surface area contributed by atoms with Crippen molar-refractivity contribution in [2.24, 2.45) is 0 Å². The van der Waals surface area contributed by atoms with Gasteiger partial charge < -0.3 is 4.74 Å². The maximum atomic E-state index is 12.6. The fourth-order valence-corrected chi connectivity index (χ4v) is 3.36. The first kappa shape index (κ1) is 21.9. The van der Waals surface area contributed by atoms with Gasteiger partial charge in [0.15, 0.2) is 18.2 Å². The summed E-state index contributed by atoms with van der Waals surface area (Å²) in [6.07, 6.45) is 0. The van der Waals surface area contributed by atoms with Gasteiger partial charge in [-0.05, 0) is 55.5 Å². The standard InChI is InChI=1S/C24H17BrClN3O3/c1-15-2-12-20(13-3-15)29-23(17-6-10-19(26)11-7-17)27-22(28-29)24(31)32-14-21(30)16-4-8-18(25)9-5-16/h2-13H,14H2,1H3. The fourth-order valence-electron chi connectivity index (χ4n) is 2.97. The highest BCUT2D eigenvalue weighted by atomic mass is 79.9. The summed E-state index contributed by atoms with van der Waals surface area (Å²) in [5.41, 5.74) is 3.00. The highest BCUT2D eigenvalue weighted by Gasteiger charge is 2.21. The van der Waals surface area contributed by atoms with Gasteiger partial charge >= 0.3 is 5.97 Å². The third kappa shape index (κ3) is 4.95. The molecule has 1 aromatic heterocycles. The quantitative estimate of drug-likeness (QED) is 0.246. The molecular formula is C24H17BrClN3O3. The largest absolute Gasteiger partial charge is 0.451 e. The summed E-state index contributed by atoms with van der Waals surface area (Å²) in [6, 6.07) is 21.5. The molecule has 0 unspecified atom stereocenters. The normalized spacial score (nSPS) is 10.7. The fraction of sp³-hybridized carbons (Fsp3) is 0.0833. The molecule has 6 nitrogen and oxygen atoms in total. The van der Waals surface area contributed by atoms with Crippen LogP contribution in [0.15, 0.2) is 77.3 Å². The maximum absolute atomic E-state index is 12.6. The first-order valence-corrected chi connectivity index (χ1v) is 10.8. The van der Waals surface area contributed by atoms with E-state index in [1.54, 1.807) is 53.2 Å². The van der Waals surface area contributed by atoms with Crippen LogP contribution in [-0.4, -0.2) is 33.1 Å². The molecule has 32 heavy (non-hydrogen) atoms. The number of esters is 1. The monoisotopic (exact) mass is 509 g/mol. The lowest BCUT2D eigenvalue weighted by Gasteiger charge is -2.06. The number of halogens is 2. The molecule has 0 radical (unpaired) electrons. The lowest BCUT2D eigenvalue weighted by Crippen LogP contribution is -2.15. The van der Waals surface area contributed by atoms with Crippen LogP contribution in [0.5, 0.6) is 0 Å². The predicted molar refractivity (Wildman–Crippen MR) is 125 cm³/mol. The van der Waals surface area contributed by atoms with Crippen LogP contribution in [0.25, 0.3) is 17.1 Å². The SMILES string of the molecule is Cc1ccc(-n2nc(C(=O)OCC(=O)c3ccc(Br)cc3)nc2-c2ccc(Cl)cc2)cc1. The van der Waals surface area contributed by atoms with Crippen molar-refractivity contribution < 1.29 is 14.3 Å². The molecule has 1 heterocycles. The molecular weight excluding hydrogens is 494 g/mol. The van der Waals surface area contributed by atoms with E-state index < -0.39 is 12.6 Å². The molecule has 0 aliphatic carbocycles. The Bertz CT molecular complexity index is 1200. The Kier molecular flexibility index (Phi) is 6.48. The van der Waals surface area contributed by atoms with Crippen LogP contribution in [0, 0.1) is 6.92 Å². The average Bonchev–Trinajstić information content (AvgIpc) is 3.24. The number of hydrogen-bond donors (Lipinski definition) is 0. The van der Waals surface area contributed by atoms with E-state index >= 15 is 0 Å². The van der Waals surface area contributed by atoms with E-state index in [-0.39, 0.29) is 11.6 Å². The number of Topliss-reactive ketones (excluding diaryl/α,β-unsaturated/α-hetero) is 1. The molecule has 8 heteroatoms. The van der Waals surface area contributed by atoms with Gasteiger partial charge in [-0.25, -0.2) is 14.5 Å². The summed E-state index contributed by atoms with van der Waals surface area (Å²) >= 11 is 9.33. The molecule has 4 rings (SSSR count). The van der Waals surface area contributed by atoms with Crippen LogP contribution in [0.2, 0.25) is 5.02 Å². The topological polar surface area (TPSA) is 74.1 Å². The molecule has 0 saturated carbocycles. The van der Waals surface area contributed by atoms with Crippen LogP contribution in [0.1, 0.15) is 26.5 Å². The van der Waals surface area contributed by atoms with E-state index in [9.17, 15) is 9.59 Å². The highest BCUT2D eigenvalue weighted by molar-refractivity contribution is 9.10. The molecule has 0 atom stereocenters. The van der Waals surface area contributed by atoms with E-state index in [0.717, 1.165) is 21.3 Å². The molecule has 0 fully saturated rings. The second-order valence-corrected chi connectivity index (χ2v) is 8.37. The minimum absolute atomic E-state index is 0.140. The third-order valence-electron chi connectivity index (χ3n) is 4.67. The van der Waals surface area contributed by atoms with Gasteiger partial charge in [-0.3, -0.25) is 4.79 Å². The maximum Gasteiger partial charge on any atom is 0.378 e. The number of ketones is 1. The molecule has 160 valence electrons. The molecule has 0 N–H and O–H groups in total. The van der Waals surface area contributed by atoms with Gasteiger partial charge in [0, 0.05) is 20.6 Å². The Balaban J connectivity index is 1.60. The number of aromatic nitrogens is 3. The van der Waals surface area contributed by atoms with E-state index in [2.05, 4.69) is 26.0 Å². The van der Waals surface area contributed by atoms with Crippen molar-refractivity contribution >= 4 is 39.3 Å².